The molecule has 0 radical (unpaired) electrons. The van der Waals surface area contributed by atoms with Crippen LogP contribution >= 0.6 is 11.6 Å². The molecule has 6 nitrogen and oxygen atoms in total. The van der Waals surface area contributed by atoms with Crippen molar-refractivity contribution in [3.8, 4) is 17.9 Å². The van der Waals surface area contributed by atoms with Crippen molar-refractivity contribution >= 4 is 29.1 Å². The zero-order chi connectivity index (χ0) is 20.1. The Labute approximate surface area is 168 Å². The standard InChI is InChI=1S/C21H18ClN5O/c1-2-28-19-9-8-14(11-18(19)22)10-15(12-23)20-17(13-24)21(25)27(26-20)16-6-4-3-5-7-16/h3-11,17,21H,2,25H2,1H3/b15-10-/t17-,21-/m1/s1. The first-order valence-corrected chi connectivity index (χ1v) is 9.09. The number of anilines is 1. The number of ether oxygens (including phenoxy) is 1. The first-order valence-electron chi connectivity index (χ1n) is 8.71. The summed E-state index contributed by atoms with van der Waals surface area (Å²) in [6.45, 7) is 2.38. The summed E-state index contributed by atoms with van der Waals surface area (Å²) in [5, 5.41) is 25.8. The Bertz CT molecular complexity index is 1000. The molecule has 7 heteroatoms. The van der Waals surface area contributed by atoms with Crippen LogP contribution in [0.25, 0.3) is 6.08 Å². The largest absolute Gasteiger partial charge is 0.492 e. The molecule has 0 aromatic heterocycles. The van der Waals surface area contributed by atoms with Crippen LogP contribution in [-0.2, 0) is 0 Å². The lowest BCUT2D eigenvalue weighted by Crippen LogP contribution is -2.40. The highest BCUT2D eigenvalue weighted by molar-refractivity contribution is 6.32. The highest BCUT2D eigenvalue weighted by atomic mass is 35.5. The highest BCUT2D eigenvalue weighted by Gasteiger charge is 2.37. The molecule has 0 spiro atoms. The second-order valence-electron chi connectivity index (χ2n) is 6.06. The van der Waals surface area contributed by atoms with E-state index < -0.39 is 12.1 Å². The van der Waals surface area contributed by atoms with Crippen LogP contribution in [0.5, 0.6) is 5.75 Å². The van der Waals surface area contributed by atoms with Crippen molar-refractivity contribution < 1.29 is 4.74 Å². The van der Waals surface area contributed by atoms with E-state index in [0.29, 0.717) is 28.7 Å². The smallest absolute Gasteiger partial charge is 0.137 e. The van der Waals surface area contributed by atoms with Gasteiger partial charge < -0.3 is 10.5 Å². The summed E-state index contributed by atoms with van der Waals surface area (Å²) < 4.78 is 5.43. The van der Waals surface area contributed by atoms with Gasteiger partial charge in [0.05, 0.1) is 34.7 Å². The van der Waals surface area contributed by atoms with Crippen molar-refractivity contribution in [1.29, 1.82) is 10.5 Å². The second-order valence-corrected chi connectivity index (χ2v) is 6.46. The molecule has 0 aliphatic carbocycles. The molecule has 0 saturated carbocycles. The van der Waals surface area contributed by atoms with Crippen LogP contribution in [0.4, 0.5) is 5.69 Å². The third-order valence-corrected chi connectivity index (χ3v) is 4.55. The van der Waals surface area contributed by atoms with E-state index in [1.807, 2.05) is 37.3 Å². The molecule has 1 aliphatic heterocycles. The van der Waals surface area contributed by atoms with E-state index in [-0.39, 0.29) is 5.57 Å². The predicted octanol–water partition coefficient (Wildman–Crippen LogP) is 3.95. The van der Waals surface area contributed by atoms with E-state index in [1.165, 1.54) is 0 Å². The van der Waals surface area contributed by atoms with Crippen molar-refractivity contribution in [3.05, 3.63) is 64.7 Å². The van der Waals surface area contributed by atoms with Gasteiger partial charge in [0.2, 0.25) is 0 Å². The number of nitrogens with zero attached hydrogens (tertiary/aromatic N) is 4. The van der Waals surface area contributed by atoms with Gasteiger partial charge in [-0.05, 0) is 42.8 Å². The maximum atomic E-state index is 9.69. The lowest BCUT2D eigenvalue weighted by atomic mass is 9.95. The average molecular weight is 392 g/mol. The minimum atomic E-state index is -0.732. The van der Waals surface area contributed by atoms with Gasteiger partial charge in [-0.3, -0.25) is 0 Å². The molecule has 0 fully saturated rings. The maximum Gasteiger partial charge on any atom is 0.137 e. The number of nitriles is 2. The van der Waals surface area contributed by atoms with Crippen molar-refractivity contribution in [3.63, 3.8) is 0 Å². The Hall–Kier alpha value is -3.32. The van der Waals surface area contributed by atoms with E-state index in [1.54, 1.807) is 29.3 Å². The molecule has 28 heavy (non-hydrogen) atoms. The topological polar surface area (TPSA) is 98.4 Å². The SMILES string of the molecule is CCOc1ccc(/C=C(/C#N)C2=NN(c3ccccc3)[C@@H](N)[C@@H]2C#N)cc1Cl. The lowest BCUT2D eigenvalue weighted by molar-refractivity contribution is 0.340. The molecule has 0 saturated heterocycles. The van der Waals surface area contributed by atoms with Crippen LogP contribution in [0, 0.1) is 28.6 Å². The van der Waals surface area contributed by atoms with Gasteiger partial charge in [0.15, 0.2) is 0 Å². The number of nitrogens with two attached hydrogens (primary N) is 1. The normalized spacial score (nSPS) is 19.0. The van der Waals surface area contributed by atoms with Gasteiger partial charge in [-0.1, -0.05) is 35.9 Å². The molecule has 0 unspecified atom stereocenters. The van der Waals surface area contributed by atoms with Crippen LogP contribution < -0.4 is 15.5 Å². The van der Waals surface area contributed by atoms with E-state index >= 15 is 0 Å². The molecule has 2 aromatic carbocycles. The summed E-state index contributed by atoms with van der Waals surface area (Å²) in [5.74, 6) is -0.158. The molecule has 2 N–H and O–H groups in total. The summed E-state index contributed by atoms with van der Waals surface area (Å²) in [4.78, 5) is 0. The molecule has 2 atom stereocenters. The first-order chi connectivity index (χ1) is 13.6. The maximum absolute atomic E-state index is 9.69. The summed E-state index contributed by atoms with van der Waals surface area (Å²) >= 11 is 6.23. The average Bonchev–Trinajstić information content (AvgIpc) is 3.05. The summed E-state index contributed by atoms with van der Waals surface area (Å²) in [7, 11) is 0. The molecule has 1 heterocycles. The van der Waals surface area contributed by atoms with Gasteiger partial charge in [0.25, 0.3) is 0 Å². The summed E-state index contributed by atoms with van der Waals surface area (Å²) in [5.41, 5.74) is 8.30. The van der Waals surface area contributed by atoms with Crippen LogP contribution in [-0.4, -0.2) is 18.5 Å². The van der Waals surface area contributed by atoms with E-state index in [9.17, 15) is 10.5 Å². The number of halogens is 1. The van der Waals surface area contributed by atoms with E-state index in [0.717, 1.165) is 5.69 Å². The second kappa shape index (κ2) is 8.58. The predicted molar refractivity (Wildman–Crippen MR) is 110 cm³/mol. The third-order valence-electron chi connectivity index (χ3n) is 4.26. The highest BCUT2D eigenvalue weighted by Crippen LogP contribution is 2.30. The Kier molecular flexibility index (Phi) is 5.96. The molecule has 0 amide bonds. The van der Waals surface area contributed by atoms with Gasteiger partial charge in [-0.15, -0.1) is 0 Å². The van der Waals surface area contributed by atoms with Crippen LogP contribution in [0.2, 0.25) is 5.02 Å². The zero-order valence-corrected chi connectivity index (χ0v) is 16.0. The molecule has 1 aliphatic rings. The number of para-hydroxylation sites is 1. The number of allylic oxidation sites excluding steroid dienone is 1. The Morgan fingerprint density at radius 3 is 2.64 bits per heavy atom. The van der Waals surface area contributed by atoms with Gasteiger partial charge in [0.1, 0.15) is 23.9 Å². The molecule has 3 rings (SSSR count). The van der Waals surface area contributed by atoms with E-state index in [4.69, 9.17) is 22.1 Å². The van der Waals surface area contributed by atoms with Crippen molar-refractivity contribution in [2.45, 2.75) is 13.1 Å². The van der Waals surface area contributed by atoms with Gasteiger partial charge in [0, 0.05) is 0 Å². The Morgan fingerprint density at radius 2 is 2.04 bits per heavy atom. The molecule has 0 bridgehead atoms. The van der Waals surface area contributed by atoms with Crippen LogP contribution in [0.1, 0.15) is 12.5 Å². The number of hydrogen-bond acceptors (Lipinski definition) is 6. The summed E-state index contributed by atoms with van der Waals surface area (Å²) in [6, 6.07) is 18.8. The van der Waals surface area contributed by atoms with Crippen LogP contribution in [0.3, 0.4) is 0 Å². The fraction of sp³-hybridized carbons (Fsp3) is 0.190. The number of benzene rings is 2. The van der Waals surface area contributed by atoms with Gasteiger partial charge >= 0.3 is 0 Å². The molecule has 140 valence electrons. The lowest BCUT2D eigenvalue weighted by Gasteiger charge is -2.21. The molecular formula is C21H18ClN5O. The first kappa shape index (κ1) is 19.4. The minimum absolute atomic E-state index is 0.264. The fourth-order valence-electron chi connectivity index (χ4n) is 2.93. The van der Waals surface area contributed by atoms with E-state index in [2.05, 4.69) is 17.2 Å². The quantitative estimate of drug-likeness (QED) is 0.778. The number of hydrazone groups is 1. The van der Waals surface area contributed by atoms with Gasteiger partial charge in [-0.2, -0.15) is 15.6 Å². The van der Waals surface area contributed by atoms with Crippen molar-refractivity contribution in [2.24, 2.45) is 16.8 Å². The fourth-order valence-corrected chi connectivity index (χ4v) is 3.17. The van der Waals surface area contributed by atoms with Crippen LogP contribution in [0.15, 0.2) is 59.2 Å². The van der Waals surface area contributed by atoms with Gasteiger partial charge in [-0.25, -0.2) is 5.01 Å². The van der Waals surface area contributed by atoms with Crippen molar-refractivity contribution in [1.82, 2.24) is 0 Å². The Morgan fingerprint density at radius 1 is 1.29 bits per heavy atom. The third kappa shape index (κ3) is 3.84. The number of hydrogen-bond donors (Lipinski definition) is 1. The number of rotatable bonds is 5. The minimum Gasteiger partial charge on any atom is -0.492 e. The van der Waals surface area contributed by atoms with Crippen molar-refractivity contribution in [2.75, 3.05) is 11.6 Å². The monoisotopic (exact) mass is 391 g/mol. The Balaban J connectivity index is 1.99. The zero-order valence-electron chi connectivity index (χ0n) is 15.2. The summed E-state index contributed by atoms with van der Waals surface area (Å²) in [6.07, 6.45) is 0.967. The molecule has 2 aromatic rings. The molecular weight excluding hydrogens is 374 g/mol.